The number of rotatable bonds is 4. The molecule has 1 saturated heterocycles. The van der Waals surface area contributed by atoms with E-state index in [0.29, 0.717) is 6.42 Å². The number of hydrogen-bond acceptors (Lipinski definition) is 4. The molecule has 0 saturated carbocycles. The predicted molar refractivity (Wildman–Crippen MR) is 109 cm³/mol. The molecule has 2 heterocycles. The van der Waals surface area contributed by atoms with Gasteiger partial charge in [-0.2, -0.15) is 0 Å². The molecule has 0 aliphatic carbocycles. The molecule has 2 bridgehead atoms. The summed E-state index contributed by atoms with van der Waals surface area (Å²) in [4.78, 5) is 15.4. The second-order valence-corrected chi connectivity index (χ2v) is 8.46. The van der Waals surface area contributed by atoms with E-state index in [1.165, 1.54) is 12.1 Å². The zero-order valence-electron chi connectivity index (χ0n) is 16.0. The minimum Gasteiger partial charge on any atom is -0.437 e. The Morgan fingerprint density at radius 3 is 2.27 bits per heavy atom. The van der Waals surface area contributed by atoms with Crippen molar-refractivity contribution >= 4 is 29.2 Å². The molecule has 0 spiro atoms. The van der Waals surface area contributed by atoms with Crippen LogP contribution in [-0.4, -0.2) is 34.8 Å². The van der Waals surface area contributed by atoms with Gasteiger partial charge in [0.15, 0.2) is 5.72 Å². The molecule has 8 heteroatoms. The first kappa shape index (κ1) is 21.2. The predicted octanol–water partition coefficient (Wildman–Crippen LogP) is 4.80. The van der Waals surface area contributed by atoms with Crippen molar-refractivity contribution in [1.29, 1.82) is 0 Å². The molecule has 0 radical (unpaired) electrons. The Kier molecular flexibility index (Phi) is 5.39. The molecule has 4 nitrogen and oxygen atoms in total. The molecule has 0 unspecified atom stereocenters. The Morgan fingerprint density at radius 2 is 1.73 bits per heavy atom. The van der Waals surface area contributed by atoms with E-state index < -0.39 is 28.9 Å². The van der Waals surface area contributed by atoms with Crippen molar-refractivity contribution in [3.05, 3.63) is 81.4 Å². The van der Waals surface area contributed by atoms with Crippen molar-refractivity contribution in [1.82, 2.24) is 4.90 Å². The Labute approximate surface area is 182 Å². The fourth-order valence-electron chi connectivity index (χ4n) is 4.17. The summed E-state index contributed by atoms with van der Waals surface area (Å²) in [5.41, 5.74) is -3.42. The number of carbonyl (C=O) groups is 1. The van der Waals surface area contributed by atoms with Crippen LogP contribution in [0.4, 0.5) is 8.78 Å². The lowest BCUT2D eigenvalue weighted by atomic mass is 9.86. The highest BCUT2D eigenvalue weighted by atomic mass is 35.5. The van der Waals surface area contributed by atoms with Crippen LogP contribution in [0.3, 0.4) is 0 Å². The van der Waals surface area contributed by atoms with Crippen LogP contribution in [0.25, 0.3) is 0 Å². The quantitative estimate of drug-likeness (QED) is 0.533. The molecule has 1 N–H and O–H groups in total. The fraction of sp³-hybridized carbons (Fsp3) is 0.318. The summed E-state index contributed by atoms with van der Waals surface area (Å²) in [5, 5.41) is 11.1. The number of hydrogen-bond donors (Lipinski definition) is 1. The average Bonchev–Trinajstić information content (AvgIpc) is 2.89. The van der Waals surface area contributed by atoms with E-state index in [1.807, 2.05) is 24.1 Å². The van der Waals surface area contributed by atoms with Gasteiger partial charge in [0.25, 0.3) is 0 Å². The van der Waals surface area contributed by atoms with Crippen molar-refractivity contribution in [2.24, 2.45) is 0 Å². The lowest BCUT2D eigenvalue weighted by Gasteiger charge is -2.40. The standard InChI is InChI=1S/C22H19Cl2F2NO3/c1-27-15-3-2-9-21(27,10-8-15)30-20(28)22(29,13-4-6-18(25)16(23)11-13)14-5-7-19(26)17(24)12-14/h2,4-7,9,11-12,15,29H,3,8,10H2,1H3/t15-,21-/m1/s1. The zero-order valence-corrected chi connectivity index (χ0v) is 17.6. The highest BCUT2D eigenvalue weighted by molar-refractivity contribution is 6.31. The van der Waals surface area contributed by atoms with E-state index in [0.717, 1.165) is 37.1 Å². The first-order valence-corrected chi connectivity index (χ1v) is 10.2. The van der Waals surface area contributed by atoms with Gasteiger partial charge in [0.2, 0.25) is 5.60 Å². The van der Waals surface area contributed by atoms with E-state index in [-0.39, 0.29) is 27.2 Å². The summed E-state index contributed by atoms with van der Waals surface area (Å²) in [6.45, 7) is 0. The monoisotopic (exact) mass is 453 g/mol. The summed E-state index contributed by atoms with van der Waals surface area (Å²) >= 11 is 11.8. The number of carbonyl (C=O) groups excluding carboxylic acids is 1. The van der Waals surface area contributed by atoms with E-state index in [1.54, 1.807) is 0 Å². The van der Waals surface area contributed by atoms with Gasteiger partial charge in [-0.05, 0) is 50.2 Å². The third-order valence-corrected chi connectivity index (χ3v) is 6.59. The smallest absolute Gasteiger partial charge is 0.349 e. The number of esters is 1. The molecule has 2 aromatic carbocycles. The second kappa shape index (κ2) is 7.61. The van der Waals surface area contributed by atoms with E-state index in [4.69, 9.17) is 27.9 Å². The Morgan fingerprint density at radius 1 is 1.17 bits per heavy atom. The third kappa shape index (κ3) is 3.32. The minimum atomic E-state index is -2.38. The van der Waals surface area contributed by atoms with E-state index in [9.17, 15) is 18.7 Å². The van der Waals surface area contributed by atoms with Crippen LogP contribution in [-0.2, 0) is 15.1 Å². The molecule has 4 rings (SSSR count). The summed E-state index contributed by atoms with van der Waals surface area (Å²) in [6.07, 6.45) is 6.01. The Balaban J connectivity index is 1.81. The minimum absolute atomic E-state index is 0.0186. The van der Waals surface area contributed by atoms with Crippen LogP contribution in [0.15, 0.2) is 48.6 Å². The number of fused-ring (bicyclic) bond motifs is 2. The Hall–Kier alpha value is -1.99. The molecule has 158 valence electrons. The van der Waals surface area contributed by atoms with Gasteiger partial charge in [-0.1, -0.05) is 41.4 Å². The molecule has 1 fully saturated rings. The van der Waals surface area contributed by atoms with Crippen LogP contribution in [0.5, 0.6) is 0 Å². The first-order chi connectivity index (χ1) is 14.2. The fourth-order valence-corrected chi connectivity index (χ4v) is 4.54. The molecule has 0 aromatic heterocycles. The number of ether oxygens (including phenoxy) is 1. The van der Waals surface area contributed by atoms with Crippen molar-refractivity contribution in [3.63, 3.8) is 0 Å². The van der Waals surface area contributed by atoms with Crippen molar-refractivity contribution in [2.75, 3.05) is 7.05 Å². The molecular weight excluding hydrogens is 435 g/mol. The van der Waals surface area contributed by atoms with Crippen LogP contribution in [0, 0.1) is 11.6 Å². The van der Waals surface area contributed by atoms with Crippen LogP contribution < -0.4 is 0 Å². The van der Waals surface area contributed by atoms with Crippen LogP contribution >= 0.6 is 23.2 Å². The maximum atomic E-state index is 13.7. The second-order valence-electron chi connectivity index (χ2n) is 7.64. The lowest BCUT2D eigenvalue weighted by molar-refractivity contribution is -0.187. The zero-order chi connectivity index (χ0) is 21.7. The number of likely N-dealkylation sites (N-methyl/N-ethyl adjacent to an activating group) is 1. The van der Waals surface area contributed by atoms with Crippen molar-refractivity contribution < 1.29 is 23.4 Å². The number of aliphatic hydroxyl groups is 1. The van der Waals surface area contributed by atoms with Gasteiger partial charge in [0.1, 0.15) is 11.6 Å². The summed E-state index contributed by atoms with van der Waals surface area (Å²) in [5.74, 6) is -2.41. The number of benzene rings is 2. The van der Waals surface area contributed by atoms with Gasteiger partial charge in [-0.25, -0.2) is 13.6 Å². The van der Waals surface area contributed by atoms with Gasteiger partial charge in [0, 0.05) is 23.6 Å². The normalized spacial score (nSPS) is 23.6. The van der Waals surface area contributed by atoms with Gasteiger partial charge < -0.3 is 9.84 Å². The lowest BCUT2D eigenvalue weighted by Crippen LogP contribution is -2.52. The van der Waals surface area contributed by atoms with Gasteiger partial charge in [-0.3, -0.25) is 4.90 Å². The summed E-state index contributed by atoms with van der Waals surface area (Å²) in [7, 11) is 1.86. The topological polar surface area (TPSA) is 49.8 Å². The number of nitrogens with zero attached hydrogens (tertiary/aromatic N) is 1. The highest BCUT2D eigenvalue weighted by Gasteiger charge is 2.51. The average molecular weight is 454 g/mol. The highest BCUT2D eigenvalue weighted by Crippen LogP contribution is 2.43. The van der Waals surface area contributed by atoms with E-state index >= 15 is 0 Å². The molecule has 2 aromatic rings. The molecule has 30 heavy (non-hydrogen) atoms. The van der Waals surface area contributed by atoms with Gasteiger partial charge in [-0.15, -0.1) is 0 Å². The first-order valence-electron chi connectivity index (χ1n) is 9.45. The van der Waals surface area contributed by atoms with E-state index in [2.05, 4.69) is 0 Å². The maximum Gasteiger partial charge on any atom is 0.349 e. The van der Waals surface area contributed by atoms with Gasteiger partial charge >= 0.3 is 5.97 Å². The van der Waals surface area contributed by atoms with Gasteiger partial charge in [0.05, 0.1) is 10.0 Å². The molecular formula is C22H19Cl2F2NO3. The SMILES string of the molecule is CN1[C@@H]2CC=C[C@@]1(OC(=O)C(O)(c1ccc(F)c(Cl)c1)c1ccc(F)c(Cl)c1)CC2. The largest absolute Gasteiger partial charge is 0.437 e. The van der Waals surface area contributed by atoms with Crippen molar-refractivity contribution in [2.45, 2.75) is 36.6 Å². The van der Waals surface area contributed by atoms with Crippen LogP contribution in [0.1, 0.15) is 30.4 Å². The van der Waals surface area contributed by atoms with Crippen LogP contribution in [0.2, 0.25) is 10.0 Å². The molecule has 2 aliphatic heterocycles. The summed E-state index contributed by atoms with van der Waals surface area (Å²) in [6, 6.07) is 7.06. The molecule has 2 atom stereocenters. The molecule has 0 amide bonds. The maximum absolute atomic E-state index is 13.7. The summed E-state index contributed by atoms with van der Waals surface area (Å²) < 4.78 is 33.3. The third-order valence-electron chi connectivity index (χ3n) is 6.01. The Bertz CT molecular complexity index is 994. The van der Waals surface area contributed by atoms with Crippen molar-refractivity contribution in [3.8, 4) is 0 Å². The molecule has 2 aliphatic rings. The number of halogens is 4.